The molecule has 4 aliphatic carbocycles. The number of ether oxygens (including phenoxy) is 2. The van der Waals surface area contributed by atoms with Crippen molar-refractivity contribution in [3.05, 3.63) is 23.8 Å². The van der Waals surface area contributed by atoms with Gasteiger partial charge in [-0.15, -0.1) is 0 Å². The van der Waals surface area contributed by atoms with Gasteiger partial charge in [-0.3, -0.25) is 0 Å². The first-order valence-corrected chi connectivity index (χ1v) is 17.3. The van der Waals surface area contributed by atoms with Gasteiger partial charge in [0.2, 0.25) is 11.6 Å². The Morgan fingerprint density at radius 3 is 1.55 bits per heavy atom. The summed E-state index contributed by atoms with van der Waals surface area (Å²) in [5, 5.41) is 0. The lowest BCUT2D eigenvalue weighted by molar-refractivity contribution is 0.0856. The molecule has 0 aromatic heterocycles. The Labute approximate surface area is 243 Å². The molecule has 1 aromatic carbocycles. The maximum absolute atomic E-state index is 14.4. The summed E-state index contributed by atoms with van der Waals surface area (Å²) in [7, 11) is 0. The maximum Gasteiger partial charge on any atom is 0.204 e. The van der Waals surface area contributed by atoms with Gasteiger partial charge in [-0.25, -0.2) is 0 Å². The van der Waals surface area contributed by atoms with Gasteiger partial charge in [0.05, 0.1) is 13.2 Å². The Hall–Kier alpha value is -1.32. The van der Waals surface area contributed by atoms with Gasteiger partial charge in [-0.05, 0) is 131 Å². The molecule has 0 spiro atoms. The van der Waals surface area contributed by atoms with E-state index < -0.39 is 11.6 Å². The van der Waals surface area contributed by atoms with Crippen molar-refractivity contribution in [1.82, 2.24) is 0 Å². The van der Waals surface area contributed by atoms with E-state index in [1.807, 2.05) is 0 Å². The Kier molecular flexibility index (Phi) is 11.1. The molecular weight excluding hydrogens is 502 g/mol. The fraction of sp³-hybridized carbons (Fsp3) is 0.833. The van der Waals surface area contributed by atoms with E-state index in [9.17, 15) is 8.78 Å². The molecule has 40 heavy (non-hydrogen) atoms. The second-order valence-corrected chi connectivity index (χ2v) is 14.2. The van der Waals surface area contributed by atoms with E-state index in [-0.39, 0.29) is 11.5 Å². The molecule has 4 aliphatic rings. The first kappa shape index (κ1) is 30.1. The molecule has 0 radical (unpaired) electrons. The smallest absolute Gasteiger partial charge is 0.204 e. The largest absolute Gasteiger partial charge is 0.491 e. The number of fused-ring (bicyclic) bond motifs is 1. The van der Waals surface area contributed by atoms with E-state index in [1.54, 1.807) is 19.8 Å². The number of rotatable bonds is 11. The third-order valence-corrected chi connectivity index (χ3v) is 11.7. The van der Waals surface area contributed by atoms with E-state index in [1.165, 1.54) is 102 Å². The molecule has 4 fully saturated rings. The second kappa shape index (κ2) is 14.7. The summed E-state index contributed by atoms with van der Waals surface area (Å²) >= 11 is 0. The fourth-order valence-corrected chi connectivity index (χ4v) is 9.36. The van der Waals surface area contributed by atoms with Crippen LogP contribution < -0.4 is 9.47 Å². The highest BCUT2D eigenvalue weighted by Crippen LogP contribution is 2.48. The zero-order chi connectivity index (χ0) is 27.9. The van der Waals surface area contributed by atoms with E-state index >= 15 is 0 Å². The summed E-state index contributed by atoms with van der Waals surface area (Å²) in [5.74, 6) is 5.45. The lowest BCUT2D eigenvalue weighted by Gasteiger charge is -2.43. The van der Waals surface area contributed by atoms with Crippen LogP contribution in [0.2, 0.25) is 0 Å². The van der Waals surface area contributed by atoms with Crippen molar-refractivity contribution in [2.75, 3.05) is 13.2 Å². The zero-order valence-electron chi connectivity index (χ0n) is 25.5. The van der Waals surface area contributed by atoms with Crippen molar-refractivity contribution >= 4 is 0 Å². The van der Waals surface area contributed by atoms with Crippen LogP contribution in [0.1, 0.15) is 129 Å². The van der Waals surface area contributed by atoms with E-state index in [0.717, 1.165) is 54.3 Å². The van der Waals surface area contributed by atoms with Gasteiger partial charge in [0, 0.05) is 0 Å². The van der Waals surface area contributed by atoms with Gasteiger partial charge in [0.1, 0.15) is 0 Å². The first-order chi connectivity index (χ1) is 19.5. The summed E-state index contributed by atoms with van der Waals surface area (Å²) in [5.41, 5.74) is 0. The third-order valence-electron chi connectivity index (χ3n) is 11.7. The van der Waals surface area contributed by atoms with E-state index in [4.69, 9.17) is 9.47 Å². The molecular formula is C36H56F2O2. The SMILES string of the molecule is CCCC1CCC2CC(CCC3CCC(C4CCC(COc5ccc(OCC)c(F)c5F)CC4)CC3)CCC2C1. The average Bonchev–Trinajstić information content (AvgIpc) is 2.99. The Balaban J connectivity index is 0.962. The van der Waals surface area contributed by atoms with E-state index in [2.05, 4.69) is 6.92 Å². The minimum atomic E-state index is -0.948. The second-order valence-electron chi connectivity index (χ2n) is 14.2. The fourth-order valence-electron chi connectivity index (χ4n) is 9.36. The molecule has 0 amide bonds. The van der Waals surface area contributed by atoms with Crippen LogP contribution in [0.3, 0.4) is 0 Å². The highest BCUT2D eigenvalue weighted by Gasteiger charge is 2.36. The Morgan fingerprint density at radius 1 is 0.550 bits per heavy atom. The van der Waals surface area contributed by atoms with Crippen molar-refractivity contribution < 1.29 is 18.3 Å². The van der Waals surface area contributed by atoms with Crippen molar-refractivity contribution in [2.45, 2.75) is 129 Å². The molecule has 4 saturated carbocycles. The minimum Gasteiger partial charge on any atom is -0.491 e. The van der Waals surface area contributed by atoms with Crippen LogP contribution in [0.4, 0.5) is 8.78 Å². The molecule has 4 unspecified atom stereocenters. The van der Waals surface area contributed by atoms with Crippen LogP contribution in [-0.4, -0.2) is 13.2 Å². The molecule has 226 valence electrons. The summed E-state index contributed by atoms with van der Waals surface area (Å²) in [4.78, 5) is 0. The molecule has 0 saturated heterocycles. The predicted molar refractivity (Wildman–Crippen MR) is 160 cm³/mol. The van der Waals surface area contributed by atoms with Crippen molar-refractivity contribution in [2.24, 2.45) is 47.3 Å². The highest BCUT2D eigenvalue weighted by atomic mass is 19.2. The standard InChI is InChI=1S/C36H56F2O2/c1-3-5-26-10-18-32-23-27(11-19-31(32)22-26)7-6-25-8-14-29(15-9-25)30-16-12-28(13-17-30)24-40-34-21-20-33(39-4-2)35(37)36(34)38/h20-21,25-32H,3-19,22-24H2,1-2H3. The van der Waals surface area contributed by atoms with Gasteiger partial charge >= 0.3 is 0 Å². The van der Waals surface area contributed by atoms with Crippen LogP contribution in [0.15, 0.2) is 12.1 Å². The van der Waals surface area contributed by atoms with Gasteiger partial charge in [0.15, 0.2) is 11.5 Å². The van der Waals surface area contributed by atoms with Crippen molar-refractivity contribution in [1.29, 1.82) is 0 Å². The molecule has 0 heterocycles. The van der Waals surface area contributed by atoms with Crippen molar-refractivity contribution in [3.8, 4) is 11.5 Å². The van der Waals surface area contributed by atoms with Crippen molar-refractivity contribution in [3.63, 3.8) is 0 Å². The van der Waals surface area contributed by atoms with Crippen LogP contribution in [0.25, 0.3) is 0 Å². The van der Waals surface area contributed by atoms with Crippen LogP contribution in [0, 0.1) is 59.0 Å². The molecule has 2 nitrogen and oxygen atoms in total. The number of hydrogen-bond acceptors (Lipinski definition) is 2. The van der Waals surface area contributed by atoms with Gasteiger partial charge in [0.25, 0.3) is 0 Å². The monoisotopic (exact) mass is 558 g/mol. The molecule has 5 rings (SSSR count). The lowest BCUT2D eigenvalue weighted by atomic mass is 9.63. The summed E-state index contributed by atoms with van der Waals surface area (Å²) in [6, 6.07) is 2.96. The summed E-state index contributed by atoms with van der Waals surface area (Å²) in [6.07, 6.45) is 25.6. The molecule has 1 aromatic rings. The number of hydrogen-bond donors (Lipinski definition) is 0. The lowest BCUT2D eigenvalue weighted by Crippen LogP contribution is -2.31. The van der Waals surface area contributed by atoms with E-state index in [0.29, 0.717) is 19.1 Å². The third kappa shape index (κ3) is 7.74. The summed E-state index contributed by atoms with van der Waals surface area (Å²) < 4.78 is 39.4. The van der Waals surface area contributed by atoms with Gasteiger partial charge < -0.3 is 9.47 Å². The Bertz CT molecular complexity index is 902. The zero-order valence-corrected chi connectivity index (χ0v) is 25.5. The Morgan fingerprint density at radius 2 is 1.00 bits per heavy atom. The molecule has 0 aliphatic heterocycles. The molecule has 0 N–H and O–H groups in total. The van der Waals surface area contributed by atoms with Crippen LogP contribution in [0.5, 0.6) is 11.5 Å². The average molecular weight is 559 g/mol. The summed E-state index contributed by atoms with van der Waals surface area (Å²) in [6.45, 7) is 4.90. The normalized spacial score (nSPS) is 34.7. The molecule has 0 bridgehead atoms. The maximum atomic E-state index is 14.4. The highest BCUT2D eigenvalue weighted by molar-refractivity contribution is 5.35. The van der Waals surface area contributed by atoms with Crippen LogP contribution >= 0.6 is 0 Å². The van der Waals surface area contributed by atoms with Crippen LogP contribution in [-0.2, 0) is 0 Å². The topological polar surface area (TPSA) is 18.5 Å². The predicted octanol–water partition coefficient (Wildman–Crippen LogP) is 10.8. The van der Waals surface area contributed by atoms with Gasteiger partial charge in [-0.2, -0.15) is 8.78 Å². The molecule has 4 atom stereocenters. The first-order valence-electron chi connectivity index (χ1n) is 17.3. The number of halogens is 2. The molecule has 4 heteroatoms. The minimum absolute atomic E-state index is 0.00815. The number of benzene rings is 1. The quantitative estimate of drug-likeness (QED) is 0.269. The van der Waals surface area contributed by atoms with Gasteiger partial charge in [-0.1, -0.05) is 58.3 Å².